The summed E-state index contributed by atoms with van der Waals surface area (Å²) < 4.78 is 0. The summed E-state index contributed by atoms with van der Waals surface area (Å²) in [6.45, 7) is 0.434. The van der Waals surface area contributed by atoms with Crippen LogP contribution in [0.3, 0.4) is 0 Å². The highest BCUT2D eigenvalue weighted by atomic mass is 16.2. The number of carbonyl (C=O) groups excluding carboxylic acids is 1. The molecule has 1 heterocycles. The van der Waals surface area contributed by atoms with Crippen molar-refractivity contribution in [2.75, 3.05) is 16.7 Å². The van der Waals surface area contributed by atoms with Crippen LogP contribution < -0.4 is 10.0 Å². The molecule has 0 saturated carbocycles. The van der Waals surface area contributed by atoms with Crippen molar-refractivity contribution in [1.29, 1.82) is 0 Å². The molecule has 5 heteroatoms. The van der Waals surface area contributed by atoms with Crippen molar-refractivity contribution in [1.82, 2.24) is 5.01 Å². The molecule has 4 rings (SSSR count). The number of nitrogens with zero attached hydrogens (tertiary/aromatic N) is 4. The second-order valence-corrected chi connectivity index (χ2v) is 5.85. The lowest BCUT2D eigenvalue weighted by Crippen LogP contribution is -2.55. The smallest absolute Gasteiger partial charge is 0.234 e. The minimum Gasteiger partial charge on any atom is -0.276 e. The van der Waals surface area contributed by atoms with Crippen molar-refractivity contribution in [2.45, 2.75) is 0 Å². The highest BCUT2D eigenvalue weighted by Crippen LogP contribution is 2.25. The Bertz CT molecular complexity index is 897. The molecule has 3 aromatic carbocycles. The molecule has 1 aliphatic rings. The summed E-state index contributed by atoms with van der Waals surface area (Å²) in [7, 11) is 0. The standard InChI is InChI=1S/C21H18N4O/c26-17-25-21(18-10-4-1-5-11-18)22-23(19-12-6-2-7-13-19)16-24(25)20-14-8-3-9-15-20/h1-15,17H,16H2. The third kappa shape index (κ3) is 3.02. The van der Waals surface area contributed by atoms with E-state index in [1.54, 1.807) is 5.01 Å². The van der Waals surface area contributed by atoms with E-state index in [0.717, 1.165) is 23.3 Å². The fourth-order valence-corrected chi connectivity index (χ4v) is 2.93. The number of carbonyl (C=O) groups is 1. The molecule has 0 aromatic heterocycles. The van der Waals surface area contributed by atoms with Gasteiger partial charge in [0.05, 0.1) is 11.4 Å². The van der Waals surface area contributed by atoms with E-state index in [-0.39, 0.29) is 0 Å². The zero-order valence-corrected chi connectivity index (χ0v) is 14.1. The molecule has 3 aromatic rings. The van der Waals surface area contributed by atoms with Gasteiger partial charge >= 0.3 is 0 Å². The summed E-state index contributed by atoms with van der Waals surface area (Å²) >= 11 is 0. The molecule has 0 aliphatic carbocycles. The second kappa shape index (κ2) is 7.11. The number of hydrazine groups is 1. The predicted molar refractivity (Wildman–Crippen MR) is 104 cm³/mol. The van der Waals surface area contributed by atoms with E-state index in [2.05, 4.69) is 0 Å². The number of hydrogen-bond acceptors (Lipinski definition) is 4. The molecule has 0 fully saturated rings. The van der Waals surface area contributed by atoms with E-state index >= 15 is 0 Å². The largest absolute Gasteiger partial charge is 0.276 e. The third-order valence-electron chi connectivity index (χ3n) is 4.20. The zero-order chi connectivity index (χ0) is 17.8. The van der Waals surface area contributed by atoms with Crippen molar-refractivity contribution in [3.05, 3.63) is 96.6 Å². The topological polar surface area (TPSA) is 39.2 Å². The number of amides is 1. The molecule has 1 amide bonds. The Morgan fingerprint density at radius 2 is 1.27 bits per heavy atom. The highest BCUT2D eigenvalue weighted by molar-refractivity contribution is 6.05. The van der Waals surface area contributed by atoms with E-state index in [0.29, 0.717) is 12.5 Å². The maximum Gasteiger partial charge on any atom is 0.234 e. The fourth-order valence-electron chi connectivity index (χ4n) is 2.93. The van der Waals surface area contributed by atoms with Gasteiger partial charge < -0.3 is 0 Å². The van der Waals surface area contributed by atoms with Crippen LogP contribution in [0.1, 0.15) is 5.56 Å². The van der Waals surface area contributed by atoms with Gasteiger partial charge in [0, 0.05) is 5.56 Å². The molecule has 128 valence electrons. The van der Waals surface area contributed by atoms with E-state index in [1.807, 2.05) is 101 Å². The van der Waals surface area contributed by atoms with Crippen LogP contribution in [0.15, 0.2) is 96.1 Å². The van der Waals surface area contributed by atoms with E-state index in [4.69, 9.17) is 5.10 Å². The van der Waals surface area contributed by atoms with Gasteiger partial charge in [-0.15, -0.1) is 5.10 Å². The van der Waals surface area contributed by atoms with Gasteiger partial charge in [-0.25, -0.2) is 10.0 Å². The Hall–Kier alpha value is -3.60. The fraction of sp³-hybridized carbons (Fsp3) is 0.0476. The monoisotopic (exact) mass is 342 g/mol. The minimum atomic E-state index is 0.434. The molecule has 0 saturated heterocycles. The number of para-hydroxylation sites is 2. The molecule has 26 heavy (non-hydrogen) atoms. The summed E-state index contributed by atoms with van der Waals surface area (Å²) in [6.07, 6.45) is 0.807. The minimum absolute atomic E-state index is 0.434. The summed E-state index contributed by atoms with van der Waals surface area (Å²) in [5.41, 5.74) is 2.76. The SMILES string of the molecule is O=CN1C(c2ccccc2)=NN(c2ccccc2)CN1c1ccccc1. The van der Waals surface area contributed by atoms with Crippen LogP contribution in [-0.2, 0) is 4.79 Å². The highest BCUT2D eigenvalue weighted by Gasteiger charge is 2.29. The van der Waals surface area contributed by atoms with Crippen LogP contribution in [-0.4, -0.2) is 23.9 Å². The van der Waals surface area contributed by atoms with Gasteiger partial charge in [-0.1, -0.05) is 66.7 Å². The average Bonchev–Trinajstić information content (AvgIpc) is 2.74. The van der Waals surface area contributed by atoms with Crippen LogP contribution >= 0.6 is 0 Å². The quantitative estimate of drug-likeness (QED) is 0.679. The zero-order valence-electron chi connectivity index (χ0n) is 14.1. The van der Waals surface area contributed by atoms with Crippen molar-refractivity contribution in [3.63, 3.8) is 0 Å². The Labute approximate surface area is 152 Å². The number of hydrazone groups is 1. The van der Waals surface area contributed by atoms with Gasteiger partial charge in [0.1, 0.15) is 6.67 Å². The normalized spacial score (nSPS) is 14.2. The molecular weight excluding hydrogens is 324 g/mol. The number of anilines is 2. The van der Waals surface area contributed by atoms with Crippen LogP contribution in [0, 0.1) is 0 Å². The molecule has 1 aliphatic heterocycles. The van der Waals surface area contributed by atoms with Crippen molar-refractivity contribution in [3.8, 4) is 0 Å². The van der Waals surface area contributed by atoms with Crippen molar-refractivity contribution in [2.24, 2.45) is 5.10 Å². The maximum atomic E-state index is 12.0. The number of amidine groups is 1. The van der Waals surface area contributed by atoms with E-state index < -0.39 is 0 Å². The van der Waals surface area contributed by atoms with Crippen molar-refractivity contribution >= 4 is 23.6 Å². The number of hydrogen-bond donors (Lipinski definition) is 0. The summed E-state index contributed by atoms with van der Waals surface area (Å²) in [5, 5.41) is 10.1. The van der Waals surface area contributed by atoms with E-state index in [1.165, 1.54) is 0 Å². The summed E-state index contributed by atoms with van der Waals surface area (Å²) in [6, 6.07) is 29.5. The van der Waals surface area contributed by atoms with Gasteiger partial charge in [0.25, 0.3) is 0 Å². The first-order valence-electron chi connectivity index (χ1n) is 8.40. The number of benzene rings is 3. The van der Waals surface area contributed by atoms with Gasteiger partial charge in [-0.3, -0.25) is 9.80 Å². The molecule has 0 atom stereocenters. The molecule has 0 radical (unpaired) electrons. The van der Waals surface area contributed by atoms with Crippen LogP contribution in [0.2, 0.25) is 0 Å². The Morgan fingerprint density at radius 3 is 1.85 bits per heavy atom. The summed E-state index contributed by atoms with van der Waals surface area (Å²) in [4.78, 5) is 12.0. The second-order valence-electron chi connectivity index (χ2n) is 5.85. The first kappa shape index (κ1) is 15.9. The van der Waals surface area contributed by atoms with Gasteiger partial charge in [0.15, 0.2) is 5.84 Å². The first-order chi connectivity index (χ1) is 12.9. The lowest BCUT2D eigenvalue weighted by atomic mass is 10.2. The van der Waals surface area contributed by atoms with Crippen LogP contribution in [0.4, 0.5) is 11.4 Å². The molecule has 0 N–H and O–H groups in total. The van der Waals surface area contributed by atoms with Gasteiger partial charge in [0.2, 0.25) is 6.41 Å². The molecule has 0 bridgehead atoms. The molecule has 0 spiro atoms. The predicted octanol–water partition coefficient (Wildman–Crippen LogP) is 3.71. The van der Waals surface area contributed by atoms with Crippen LogP contribution in [0.25, 0.3) is 0 Å². The first-order valence-corrected chi connectivity index (χ1v) is 8.40. The van der Waals surface area contributed by atoms with Crippen molar-refractivity contribution < 1.29 is 4.79 Å². The van der Waals surface area contributed by atoms with Gasteiger partial charge in [-0.2, -0.15) is 0 Å². The molecular formula is C21H18N4O. The Balaban J connectivity index is 1.83. The molecule has 5 nitrogen and oxygen atoms in total. The maximum absolute atomic E-state index is 12.0. The molecule has 0 unspecified atom stereocenters. The number of rotatable bonds is 4. The average molecular weight is 342 g/mol. The Kier molecular flexibility index (Phi) is 4.35. The lowest BCUT2D eigenvalue weighted by Gasteiger charge is -2.41. The van der Waals surface area contributed by atoms with Crippen LogP contribution in [0.5, 0.6) is 0 Å². The van der Waals surface area contributed by atoms with E-state index in [9.17, 15) is 4.79 Å². The van der Waals surface area contributed by atoms with Gasteiger partial charge in [-0.05, 0) is 24.3 Å². The Morgan fingerprint density at radius 1 is 0.731 bits per heavy atom. The summed E-state index contributed by atoms with van der Waals surface area (Å²) in [5.74, 6) is 0.583. The third-order valence-corrected chi connectivity index (χ3v) is 4.20. The lowest BCUT2D eigenvalue weighted by molar-refractivity contribution is -0.115.